The van der Waals surface area contributed by atoms with Crippen molar-refractivity contribution in [2.24, 2.45) is 11.8 Å². The van der Waals surface area contributed by atoms with Crippen LogP contribution in [0.5, 0.6) is 0 Å². The van der Waals surface area contributed by atoms with Gasteiger partial charge in [0.15, 0.2) is 0 Å². The average molecular weight is 206 g/mol. The first-order valence-electron chi connectivity index (χ1n) is 6.67. The van der Waals surface area contributed by atoms with Gasteiger partial charge in [-0.15, -0.1) is 6.58 Å². The molecule has 0 radical (unpaired) electrons. The summed E-state index contributed by atoms with van der Waals surface area (Å²) in [4.78, 5) is 0. The monoisotopic (exact) mass is 206 g/mol. The number of allylic oxidation sites excluding steroid dienone is 3. The van der Waals surface area contributed by atoms with Crippen molar-refractivity contribution in [2.45, 2.75) is 58.3 Å². The Balaban J connectivity index is 2.11. The molecule has 1 rings (SSSR count). The molecule has 1 aliphatic rings. The molecule has 1 fully saturated rings. The molecule has 0 nitrogen and oxygen atoms in total. The molecular weight excluding hydrogens is 180 g/mol. The predicted octanol–water partition coefficient (Wildman–Crippen LogP) is 5.12. The molecule has 86 valence electrons. The molecule has 15 heavy (non-hydrogen) atoms. The normalized spacial score (nSPS) is 26.2. The van der Waals surface area contributed by atoms with Gasteiger partial charge in [0, 0.05) is 0 Å². The summed E-state index contributed by atoms with van der Waals surface area (Å²) < 4.78 is 0. The zero-order chi connectivity index (χ0) is 10.9. The summed E-state index contributed by atoms with van der Waals surface area (Å²) in [5.74, 6) is 1.56. The number of hydrogen-bond acceptors (Lipinski definition) is 0. The quantitative estimate of drug-likeness (QED) is 0.401. The lowest BCUT2D eigenvalue weighted by Crippen LogP contribution is -2.00. The van der Waals surface area contributed by atoms with E-state index in [1.165, 1.54) is 51.4 Å². The molecule has 0 spiro atoms. The fourth-order valence-electron chi connectivity index (χ4n) is 2.51. The Morgan fingerprint density at radius 3 is 2.67 bits per heavy atom. The van der Waals surface area contributed by atoms with Crippen LogP contribution in [0.4, 0.5) is 0 Å². The highest BCUT2D eigenvalue weighted by molar-refractivity contribution is 5.00. The average Bonchev–Trinajstić information content (AvgIpc) is 2.70. The molecule has 2 atom stereocenters. The molecule has 1 saturated carbocycles. The Hall–Kier alpha value is -0.520. The maximum absolute atomic E-state index is 3.93. The van der Waals surface area contributed by atoms with E-state index in [0.29, 0.717) is 0 Å². The topological polar surface area (TPSA) is 0 Å². The van der Waals surface area contributed by atoms with Gasteiger partial charge in [-0.25, -0.2) is 0 Å². The summed E-state index contributed by atoms with van der Waals surface area (Å²) >= 11 is 0. The van der Waals surface area contributed by atoms with Gasteiger partial charge in [0.25, 0.3) is 0 Å². The van der Waals surface area contributed by atoms with Crippen molar-refractivity contribution in [3.8, 4) is 0 Å². The van der Waals surface area contributed by atoms with Gasteiger partial charge in [-0.1, -0.05) is 50.8 Å². The van der Waals surface area contributed by atoms with Crippen LogP contribution in [0.15, 0.2) is 24.8 Å². The highest BCUT2D eigenvalue weighted by Crippen LogP contribution is 2.33. The van der Waals surface area contributed by atoms with Crippen LogP contribution in [-0.2, 0) is 0 Å². The minimum Gasteiger partial charge on any atom is -0.103 e. The molecule has 0 aromatic heterocycles. The Labute approximate surface area is 95.5 Å². The summed E-state index contributed by atoms with van der Waals surface area (Å²) in [5, 5.41) is 0. The summed E-state index contributed by atoms with van der Waals surface area (Å²) in [6, 6.07) is 0. The molecule has 0 aromatic rings. The zero-order valence-corrected chi connectivity index (χ0v) is 10.3. The van der Waals surface area contributed by atoms with Crippen molar-refractivity contribution < 1.29 is 0 Å². The van der Waals surface area contributed by atoms with E-state index in [9.17, 15) is 0 Å². The SMILES string of the molecule is C=C[C@H]1CCC[C@H]1/C=C\CCCCCC. The van der Waals surface area contributed by atoms with E-state index in [0.717, 1.165) is 11.8 Å². The molecule has 0 heterocycles. The molecule has 0 aliphatic heterocycles. The van der Waals surface area contributed by atoms with Gasteiger partial charge in [0.2, 0.25) is 0 Å². The smallest absolute Gasteiger partial charge is 0.0171 e. The summed E-state index contributed by atoms with van der Waals surface area (Å²) in [6.07, 6.45) is 17.9. The number of hydrogen-bond donors (Lipinski definition) is 0. The van der Waals surface area contributed by atoms with Crippen LogP contribution < -0.4 is 0 Å². The Morgan fingerprint density at radius 1 is 1.13 bits per heavy atom. The van der Waals surface area contributed by atoms with E-state index in [4.69, 9.17) is 0 Å². The first-order chi connectivity index (χ1) is 7.38. The van der Waals surface area contributed by atoms with E-state index in [-0.39, 0.29) is 0 Å². The fraction of sp³-hybridized carbons (Fsp3) is 0.733. The van der Waals surface area contributed by atoms with E-state index in [1.54, 1.807) is 0 Å². The fourth-order valence-corrected chi connectivity index (χ4v) is 2.51. The van der Waals surface area contributed by atoms with Crippen molar-refractivity contribution in [3.63, 3.8) is 0 Å². The molecule has 0 bridgehead atoms. The third kappa shape index (κ3) is 4.68. The van der Waals surface area contributed by atoms with E-state index in [2.05, 4.69) is 31.7 Å². The molecule has 0 N–H and O–H groups in total. The summed E-state index contributed by atoms with van der Waals surface area (Å²) in [7, 11) is 0. The minimum atomic E-state index is 0.761. The second-order valence-electron chi connectivity index (χ2n) is 4.77. The third-order valence-corrected chi connectivity index (χ3v) is 3.54. The summed E-state index contributed by atoms with van der Waals surface area (Å²) in [6.45, 7) is 6.19. The van der Waals surface area contributed by atoms with E-state index < -0.39 is 0 Å². The van der Waals surface area contributed by atoms with Crippen molar-refractivity contribution in [1.82, 2.24) is 0 Å². The third-order valence-electron chi connectivity index (χ3n) is 3.54. The molecule has 1 aliphatic carbocycles. The second kappa shape index (κ2) is 7.73. The van der Waals surface area contributed by atoms with Crippen molar-refractivity contribution in [3.05, 3.63) is 24.8 Å². The molecule has 0 unspecified atom stereocenters. The van der Waals surface area contributed by atoms with E-state index >= 15 is 0 Å². The van der Waals surface area contributed by atoms with Gasteiger partial charge < -0.3 is 0 Å². The Bertz CT molecular complexity index is 190. The Morgan fingerprint density at radius 2 is 1.93 bits per heavy atom. The highest BCUT2D eigenvalue weighted by Gasteiger charge is 2.21. The van der Waals surface area contributed by atoms with Gasteiger partial charge >= 0.3 is 0 Å². The minimum absolute atomic E-state index is 0.761. The Kier molecular flexibility index (Phi) is 6.47. The van der Waals surface area contributed by atoms with Gasteiger partial charge in [-0.05, 0) is 37.5 Å². The lowest BCUT2D eigenvalue weighted by molar-refractivity contribution is 0.556. The molecule has 0 aromatic carbocycles. The van der Waals surface area contributed by atoms with Crippen LogP contribution in [-0.4, -0.2) is 0 Å². The van der Waals surface area contributed by atoms with Gasteiger partial charge in [-0.3, -0.25) is 0 Å². The highest BCUT2D eigenvalue weighted by atomic mass is 14.3. The van der Waals surface area contributed by atoms with Crippen molar-refractivity contribution in [1.29, 1.82) is 0 Å². The zero-order valence-electron chi connectivity index (χ0n) is 10.3. The van der Waals surface area contributed by atoms with Crippen LogP contribution in [0, 0.1) is 11.8 Å². The standard InChI is InChI=1S/C15H26/c1-3-5-6-7-8-9-11-15-13-10-12-14(15)4-2/h4,9,11,14-15H,2-3,5-8,10,12-13H2,1H3/b11-9-/t14-,15+/m0/s1. The molecule has 0 heteroatoms. The predicted molar refractivity (Wildman–Crippen MR) is 68.9 cm³/mol. The van der Waals surface area contributed by atoms with Gasteiger partial charge in [0.1, 0.15) is 0 Å². The number of unbranched alkanes of at least 4 members (excludes halogenated alkanes) is 4. The van der Waals surface area contributed by atoms with Gasteiger partial charge in [0.05, 0.1) is 0 Å². The van der Waals surface area contributed by atoms with Crippen LogP contribution in [0.3, 0.4) is 0 Å². The molecule has 0 amide bonds. The van der Waals surface area contributed by atoms with Crippen LogP contribution in [0.25, 0.3) is 0 Å². The maximum Gasteiger partial charge on any atom is -0.0171 e. The number of rotatable bonds is 7. The lowest BCUT2D eigenvalue weighted by atomic mass is 9.95. The maximum atomic E-state index is 3.93. The van der Waals surface area contributed by atoms with Crippen LogP contribution in [0.1, 0.15) is 58.3 Å². The molecule has 0 saturated heterocycles. The van der Waals surface area contributed by atoms with Crippen LogP contribution in [0.2, 0.25) is 0 Å². The first-order valence-corrected chi connectivity index (χ1v) is 6.67. The first kappa shape index (κ1) is 12.5. The van der Waals surface area contributed by atoms with Gasteiger partial charge in [-0.2, -0.15) is 0 Å². The largest absolute Gasteiger partial charge is 0.103 e. The van der Waals surface area contributed by atoms with Crippen LogP contribution >= 0.6 is 0 Å². The lowest BCUT2D eigenvalue weighted by Gasteiger charge is -2.10. The van der Waals surface area contributed by atoms with Crippen molar-refractivity contribution >= 4 is 0 Å². The second-order valence-corrected chi connectivity index (χ2v) is 4.77. The van der Waals surface area contributed by atoms with E-state index in [1.807, 2.05) is 0 Å². The van der Waals surface area contributed by atoms with Crippen molar-refractivity contribution in [2.75, 3.05) is 0 Å². The summed E-state index contributed by atoms with van der Waals surface area (Å²) in [5.41, 5.74) is 0. The molecular formula is C15H26.